The number of benzene rings is 2. The summed E-state index contributed by atoms with van der Waals surface area (Å²) < 4.78 is 13.4. The molecule has 1 aromatic heterocycles. The van der Waals surface area contributed by atoms with Crippen molar-refractivity contribution in [1.29, 1.82) is 0 Å². The highest BCUT2D eigenvalue weighted by Gasteiger charge is 2.37. The number of carbonyl (C=O) groups is 1. The molecule has 6 heteroatoms. The van der Waals surface area contributed by atoms with Crippen LogP contribution in [-0.4, -0.2) is 72.9 Å². The summed E-state index contributed by atoms with van der Waals surface area (Å²) in [5.74, 6) is -0.367. The molecule has 1 aliphatic rings. The molecular formula is C25H31FN4O. The van der Waals surface area contributed by atoms with Gasteiger partial charge in [0.05, 0.1) is 0 Å². The van der Waals surface area contributed by atoms with Crippen LogP contribution in [0.1, 0.15) is 28.9 Å². The van der Waals surface area contributed by atoms with E-state index >= 15 is 0 Å². The van der Waals surface area contributed by atoms with Crippen LogP contribution in [0.5, 0.6) is 0 Å². The number of likely N-dealkylation sites (N-methyl/N-ethyl adjacent to an activating group) is 1. The first kappa shape index (κ1) is 21.5. The van der Waals surface area contributed by atoms with E-state index in [0.717, 1.165) is 38.0 Å². The van der Waals surface area contributed by atoms with Gasteiger partial charge in [-0.25, -0.2) is 4.39 Å². The number of aromatic nitrogens is 1. The minimum atomic E-state index is -0.298. The van der Waals surface area contributed by atoms with Gasteiger partial charge in [-0.2, -0.15) is 0 Å². The molecule has 2 aromatic carbocycles. The summed E-state index contributed by atoms with van der Waals surface area (Å²) in [6.07, 6.45) is 2.13. The van der Waals surface area contributed by atoms with Crippen molar-refractivity contribution in [3.63, 3.8) is 0 Å². The minimum absolute atomic E-state index is 0.0686. The van der Waals surface area contributed by atoms with E-state index in [-0.39, 0.29) is 17.3 Å². The number of amides is 1. The number of halogens is 1. The number of rotatable bonds is 6. The molecular weight excluding hydrogens is 391 g/mol. The SMILES string of the molecule is CN(CCN1CCC(c2ccccc2)(N(C)C)CC1)C(=O)c1cc2cc(F)ccc2[nH]1. The number of likely N-dealkylation sites (tertiary alicyclic amines) is 1. The lowest BCUT2D eigenvalue weighted by Gasteiger charge is -2.47. The van der Waals surface area contributed by atoms with Gasteiger partial charge in [0.1, 0.15) is 11.5 Å². The van der Waals surface area contributed by atoms with Crippen molar-refractivity contribution in [2.75, 3.05) is 47.3 Å². The zero-order chi connectivity index (χ0) is 22.0. The molecule has 1 saturated heterocycles. The van der Waals surface area contributed by atoms with E-state index in [9.17, 15) is 9.18 Å². The van der Waals surface area contributed by atoms with Crippen molar-refractivity contribution in [2.45, 2.75) is 18.4 Å². The van der Waals surface area contributed by atoms with Crippen LogP contribution in [0, 0.1) is 5.82 Å². The largest absolute Gasteiger partial charge is 0.351 e. The second-order valence-electron chi connectivity index (χ2n) is 8.77. The first-order valence-corrected chi connectivity index (χ1v) is 10.9. The van der Waals surface area contributed by atoms with Gasteiger partial charge in [-0.15, -0.1) is 0 Å². The number of piperidine rings is 1. The Kier molecular flexibility index (Phi) is 6.12. The maximum absolute atomic E-state index is 13.4. The fourth-order valence-electron chi connectivity index (χ4n) is 4.71. The molecule has 0 bridgehead atoms. The van der Waals surface area contributed by atoms with Crippen LogP contribution in [0.3, 0.4) is 0 Å². The molecule has 0 unspecified atom stereocenters. The van der Waals surface area contributed by atoms with Gasteiger partial charge in [0.2, 0.25) is 0 Å². The Morgan fingerprint density at radius 3 is 2.45 bits per heavy atom. The second-order valence-corrected chi connectivity index (χ2v) is 8.77. The van der Waals surface area contributed by atoms with E-state index in [0.29, 0.717) is 17.6 Å². The topological polar surface area (TPSA) is 42.6 Å². The predicted molar refractivity (Wildman–Crippen MR) is 123 cm³/mol. The number of nitrogens with zero attached hydrogens (tertiary/aromatic N) is 3. The fourth-order valence-corrected chi connectivity index (χ4v) is 4.71. The number of hydrogen-bond donors (Lipinski definition) is 1. The molecule has 1 aliphatic heterocycles. The van der Waals surface area contributed by atoms with Gasteiger partial charge in [0, 0.05) is 49.7 Å². The van der Waals surface area contributed by atoms with Crippen LogP contribution in [0.25, 0.3) is 10.9 Å². The molecule has 0 atom stereocenters. The number of fused-ring (bicyclic) bond motifs is 1. The smallest absolute Gasteiger partial charge is 0.270 e. The molecule has 0 spiro atoms. The van der Waals surface area contributed by atoms with Gasteiger partial charge in [-0.3, -0.25) is 9.69 Å². The van der Waals surface area contributed by atoms with Crippen LogP contribution in [-0.2, 0) is 5.54 Å². The maximum Gasteiger partial charge on any atom is 0.270 e. The zero-order valence-corrected chi connectivity index (χ0v) is 18.6. The van der Waals surface area contributed by atoms with E-state index in [2.05, 4.69) is 59.2 Å². The highest BCUT2D eigenvalue weighted by atomic mass is 19.1. The van der Waals surface area contributed by atoms with Crippen LogP contribution in [0.4, 0.5) is 4.39 Å². The van der Waals surface area contributed by atoms with E-state index in [1.54, 1.807) is 17.0 Å². The molecule has 1 amide bonds. The fraction of sp³-hybridized carbons (Fsp3) is 0.400. The molecule has 0 radical (unpaired) electrons. The van der Waals surface area contributed by atoms with Crippen molar-refractivity contribution < 1.29 is 9.18 Å². The summed E-state index contributed by atoms with van der Waals surface area (Å²) >= 11 is 0. The normalized spacial score (nSPS) is 16.7. The number of nitrogens with one attached hydrogen (secondary N) is 1. The number of hydrogen-bond acceptors (Lipinski definition) is 3. The van der Waals surface area contributed by atoms with Crippen LogP contribution in [0.2, 0.25) is 0 Å². The second kappa shape index (κ2) is 8.81. The van der Waals surface area contributed by atoms with Gasteiger partial charge in [-0.05, 0) is 56.8 Å². The first-order valence-electron chi connectivity index (χ1n) is 10.9. The van der Waals surface area contributed by atoms with Gasteiger partial charge in [-0.1, -0.05) is 30.3 Å². The maximum atomic E-state index is 13.4. The molecule has 1 N–H and O–H groups in total. The first-order chi connectivity index (χ1) is 14.9. The van der Waals surface area contributed by atoms with Crippen molar-refractivity contribution in [1.82, 2.24) is 19.7 Å². The third-order valence-electron chi connectivity index (χ3n) is 6.76. The van der Waals surface area contributed by atoms with Gasteiger partial charge in [0.15, 0.2) is 0 Å². The van der Waals surface area contributed by atoms with Crippen molar-refractivity contribution in [3.8, 4) is 0 Å². The Morgan fingerprint density at radius 1 is 1.06 bits per heavy atom. The van der Waals surface area contributed by atoms with E-state index < -0.39 is 0 Å². The lowest BCUT2D eigenvalue weighted by molar-refractivity contribution is 0.0486. The monoisotopic (exact) mass is 422 g/mol. The highest BCUT2D eigenvalue weighted by Crippen LogP contribution is 2.37. The van der Waals surface area contributed by atoms with Crippen LogP contribution in [0.15, 0.2) is 54.6 Å². The summed E-state index contributed by atoms with van der Waals surface area (Å²) in [5.41, 5.74) is 2.72. The van der Waals surface area contributed by atoms with E-state index in [4.69, 9.17) is 0 Å². The molecule has 3 aromatic rings. The molecule has 31 heavy (non-hydrogen) atoms. The summed E-state index contributed by atoms with van der Waals surface area (Å²) in [6, 6.07) is 17.0. The molecule has 164 valence electrons. The summed E-state index contributed by atoms with van der Waals surface area (Å²) in [5, 5.41) is 0.716. The lowest BCUT2D eigenvalue weighted by atomic mass is 9.80. The molecule has 4 rings (SSSR count). The average molecular weight is 423 g/mol. The lowest BCUT2D eigenvalue weighted by Crippen LogP contribution is -2.51. The Bertz CT molecular complexity index is 1040. The summed E-state index contributed by atoms with van der Waals surface area (Å²) in [7, 11) is 6.16. The zero-order valence-electron chi connectivity index (χ0n) is 18.6. The third-order valence-corrected chi connectivity index (χ3v) is 6.76. The average Bonchev–Trinajstić information content (AvgIpc) is 3.21. The van der Waals surface area contributed by atoms with Crippen molar-refractivity contribution >= 4 is 16.8 Å². The predicted octanol–water partition coefficient (Wildman–Crippen LogP) is 3.93. The van der Waals surface area contributed by atoms with Crippen molar-refractivity contribution in [3.05, 3.63) is 71.7 Å². The number of aromatic amines is 1. The van der Waals surface area contributed by atoms with Gasteiger partial charge in [0.25, 0.3) is 5.91 Å². The molecule has 0 saturated carbocycles. The molecule has 5 nitrogen and oxygen atoms in total. The number of H-pyrrole nitrogens is 1. The summed E-state index contributed by atoms with van der Waals surface area (Å²) in [6.45, 7) is 3.50. The van der Waals surface area contributed by atoms with Crippen LogP contribution >= 0.6 is 0 Å². The minimum Gasteiger partial charge on any atom is -0.351 e. The molecule has 0 aliphatic carbocycles. The number of carbonyl (C=O) groups excluding carboxylic acids is 1. The summed E-state index contributed by atoms with van der Waals surface area (Å²) in [4.78, 5) is 22.5. The Morgan fingerprint density at radius 2 is 1.77 bits per heavy atom. The Balaban J connectivity index is 1.35. The van der Waals surface area contributed by atoms with E-state index in [1.807, 2.05) is 7.05 Å². The van der Waals surface area contributed by atoms with Gasteiger partial charge < -0.3 is 14.8 Å². The van der Waals surface area contributed by atoms with E-state index in [1.165, 1.54) is 17.7 Å². The van der Waals surface area contributed by atoms with Crippen molar-refractivity contribution in [2.24, 2.45) is 0 Å². The third kappa shape index (κ3) is 4.36. The van der Waals surface area contributed by atoms with Crippen LogP contribution < -0.4 is 0 Å². The quantitative estimate of drug-likeness (QED) is 0.655. The Labute approximate surface area is 183 Å². The standard InChI is InChI=1S/C25H31FN4O/c1-28(2)25(20-7-5-4-6-8-20)11-13-30(14-12-25)16-15-29(3)24(31)23-18-19-17-21(26)9-10-22(19)27-23/h4-10,17-18,27H,11-16H2,1-3H3. The Hall–Kier alpha value is -2.70. The van der Waals surface area contributed by atoms with Gasteiger partial charge >= 0.3 is 0 Å². The highest BCUT2D eigenvalue weighted by molar-refractivity contribution is 5.97. The molecule has 1 fully saturated rings. The molecule has 2 heterocycles.